The number of hydrogen-bond acceptors (Lipinski definition) is 3. The maximum atomic E-state index is 12.6. The summed E-state index contributed by atoms with van der Waals surface area (Å²) >= 11 is 0. The van der Waals surface area contributed by atoms with Gasteiger partial charge in [-0.2, -0.15) is 0 Å². The van der Waals surface area contributed by atoms with Crippen LogP contribution in [0.5, 0.6) is 0 Å². The molecule has 1 aliphatic heterocycles. The van der Waals surface area contributed by atoms with Crippen molar-refractivity contribution in [1.29, 1.82) is 0 Å². The van der Waals surface area contributed by atoms with Crippen molar-refractivity contribution in [3.05, 3.63) is 59.8 Å². The Morgan fingerprint density at radius 3 is 2.75 bits per heavy atom. The third-order valence-electron chi connectivity index (χ3n) is 3.76. The Kier molecular flexibility index (Phi) is 3.37. The van der Waals surface area contributed by atoms with E-state index in [2.05, 4.69) is 4.98 Å². The van der Waals surface area contributed by atoms with E-state index in [4.69, 9.17) is 5.73 Å². The fraction of sp³-hybridized carbons (Fsp3) is 0.250. The number of carbonyl (C=O) groups excluding carboxylic acids is 1. The van der Waals surface area contributed by atoms with Crippen LogP contribution in [0.15, 0.2) is 48.7 Å². The highest BCUT2D eigenvalue weighted by atomic mass is 16.2. The Morgan fingerprint density at radius 1 is 1.20 bits per heavy atom. The van der Waals surface area contributed by atoms with E-state index < -0.39 is 0 Å². The molecule has 0 bridgehead atoms. The van der Waals surface area contributed by atoms with Crippen molar-refractivity contribution < 1.29 is 4.79 Å². The largest absolute Gasteiger partial charge is 0.383 e. The van der Waals surface area contributed by atoms with Gasteiger partial charge in [0.15, 0.2) is 0 Å². The quantitative estimate of drug-likeness (QED) is 0.910. The summed E-state index contributed by atoms with van der Waals surface area (Å²) in [6.07, 6.45) is 3.61. The van der Waals surface area contributed by atoms with Gasteiger partial charge in [-0.3, -0.25) is 4.79 Å². The minimum Gasteiger partial charge on any atom is -0.383 e. The zero-order chi connectivity index (χ0) is 13.9. The molecule has 3 rings (SSSR count). The van der Waals surface area contributed by atoms with Crippen molar-refractivity contribution in [3.63, 3.8) is 0 Å². The molecule has 0 aliphatic carbocycles. The van der Waals surface area contributed by atoms with Gasteiger partial charge in [-0.05, 0) is 31.0 Å². The van der Waals surface area contributed by atoms with E-state index in [1.807, 2.05) is 47.4 Å². The smallest absolute Gasteiger partial charge is 0.254 e. The van der Waals surface area contributed by atoms with Crippen molar-refractivity contribution in [2.75, 3.05) is 12.3 Å². The number of nitrogens with zero attached hydrogens (tertiary/aromatic N) is 2. The first-order valence-electron chi connectivity index (χ1n) is 6.84. The van der Waals surface area contributed by atoms with Crippen molar-refractivity contribution in [2.24, 2.45) is 0 Å². The second-order valence-electron chi connectivity index (χ2n) is 5.00. The predicted molar refractivity (Wildman–Crippen MR) is 78.1 cm³/mol. The van der Waals surface area contributed by atoms with Crippen LogP contribution in [0.2, 0.25) is 0 Å². The lowest BCUT2D eigenvalue weighted by atomic mass is 10.0. The molecule has 0 saturated carbocycles. The number of nitrogens with two attached hydrogens (primary N) is 1. The molecule has 2 heterocycles. The van der Waals surface area contributed by atoms with Gasteiger partial charge in [0.2, 0.25) is 0 Å². The summed E-state index contributed by atoms with van der Waals surface area (Å²) in [6, 6.07) is 13.3. The van der Waals surface area contributed by atoms with Crippen LogP contribution in [0, 0.1) is 0 Å². The molecule has 0 spiro atoms. The zero-order valence-corrected chi connectivity index (χ0v) is 11.2. The molecule has 4 nitrogen and oxygen atoms in total. The highest BCUT2D eigenvalue weighted by Gasteiger charge is 2.31. The van der Waals surface area contributed by atoms with E-state index in [1.54, 1.807) is 6.20 Å². The molecule has 4 heteroatoms. The number of pyridine rings is 1. The van der Waals surface area contributed by atoms with E-state index in [1.165, 1.54) is 0 Å². The van der Waals surface area contributed by atoms with Gasteiger partial charge < -0.3 is 10.6 Å². The summed E-state index contributed by atoms with van der Waals surface area (Å²) in [4.78, 5) is 18.6. The van der Waals surface area contributed by atoms with Gasteiger partial charge in [0, 0.05) is 23.9 Å². The third-order valence-corrected chi connectivity index (χ3v) is 3.76. The first-order valence-corrected chi connectivity index (χ1v) is 6.84. The minimum atomic E-state index is 0.0383. The average Bonchev–Trinajstić information content (AvgIpc) is 2.97. The molecular formula is C16H17N3O. The summed E-state index contributed by atoms with van der Waals surface area (Å²) < 4.78 is 0. The molecule has 1 saturated heterocycles. The topological polar surface area (TPSA) is 59.2 Å². The van der Waals surface area contributed by atoms with Gasteiger partial charge in [0.05, 0.1) is 6.04 Å². The molecule has 2 N–H and O–H groups in total. The zero-order valence-electron chi connectivity index (χ0n) is 11.2. The lowest BCUT2D eigenvalue weighted by molar-refractivity contribution is 0.0736. The first kappa shape index (κ1) is 12.7. The minimum absolute atomic E-state index is 0.0383. The van der Waals surface area contributed by atoms with Crippen molar-refractivity contribution >= 4 is 11.7 Å². The van der Waals surface area contributed by atoms with E-state index >= 15 is 0 Å². The molecule has 1 aromatic heterocycles. The fourth-order valence-electron chi connectivity index (χ4n) is 2.79. The van der Waals surface area contributed by atoms with Crippen LogP contribution >= 0.6 is 0 Å². The summed E-state index contributed by atoms with van der Waals surface area (Å²) in [5.74, 6) is 0.585. The van der Waals surface area contributed by atoms with Crippen LogP contribution < -0.4 is 5.73 Å². The molecule has 0 radical (unpaired) electrons. The molecule has 20 heavy (non-hydrogen) atoms. The van der Waals surface area contributed by atoms with Crippen LogP contribution in [0.25, 0.3) is 0 Å². The number of anilines is 1. The standard InChI is InChI=1S/C16H17N3O/c17-15-13(8-4-10-18-15)14-9-5-11-19(14)16(20)12-6-2-1-3-7-12/h1-4,6-8,10,14H,5,9,11H2,(H2,17,18)/t14-/m1/s1. The Bertz CT molecular complexity index is 612. The van der Waals surface area contributed by atoms with Crippen LogP contribution in [0.4, 0.5) is 5.82 Å². The number of nitrogen functional groups attached to an aromatic ring is 1. The lowest BCUT2D eigenvalue weighted by Gasteiger charge is -2.25. The Balaban J connectivity index is 1.90. The molecule has 1 fully saturated rings. The first-order chi connectivity index (χ1) is 9.77. The van der Waals surface area contributed by atoms with Gasteiger partial charge in [0.25, 0.3) is 5.91 Å². The summed E-state index contributed by atoms with van der Waals surface area (Å²) in [6.45, 7) is 0.771. The number of aromatic nitrogens is 1. The number of carbonyl (C=O) groups is 1. The maximum absolute atomic E-state index is 12.6. The summed E-state index contributed by atoms with van der Waals surface area (Å²) in [5, 5.41) is 0. The SMILES string of the molecule is Nc1ncccc1[C@H]1CCCN1C(=O)c1ccccc1. The van der Waals surface area contributed by atoms with Gasteiger partial charge in [-0.25, -0.2) is 4.98 Å². The van der Waals surface area contributed by atoms with Gasteiger partial charge in [-0.15, -0.1) is 0 Å². The Labute approximate surface area is 118 Å². The van der Waals surface area contributed by atoms with Crippen LogP contribution in [-0.2, 0) is 0 Å². The number of benzene rings is 1. The van der Waals surface area contributed by atoms with Gasteiger partial charge in [-0.1, -0.05) is 24.3 Å². The normalized spacial score (nSPS) is 18.2. The molecule has 1 aliphatic rings. The predicted octanol–water partition coefficient (Wildman–Crippen LogP) is 2.64. The van der Waals surface area contributed by atoms with Crippen molar-refractivity contribution in [1.82, 2.24) is 9.88 Å². The monoisotopic (exact) mass is 267 g/mol. The molecule has 1 amide bonds. The summed E-state index contributed by atoms with van der Waals surface area (Å²) in [5.41, 5.74) is 7.63. The van der Waals surface area contributed by atoms with Gasteiger partial charge >= 0.3 is 0 Å². The van der Waals surface area contributed by atoms with E-state index in [0.29, 0.717) is 5.82 Å². The highest BCUT2D eigenvalue weighted by molar-refractivity contribution is 5.94. The van der Waals surface area contributed by atoms with Crippen LogP contribution in [-0.4, -0.2) is 22.3 Å². The third kappa shape index (κ3) is 2.25. The molecule has 1 atom stereocenters. The second-order valence-corrected chi connectivity index (χ2v) is 5.00. The van der Waals surface area contributed by atoms with E-state index in [9.17, 15) is 4.79 Å². The maximum Gasteiger partial charge on any atom is 0.254 e. The van der Waals surface area contributed by atoms with E-state index in [-0.39, 0.29) is 11.9 Å². The van der Waals surface area contributed by atoms with Crippen molar-refractivity contribution in [3.8, 4) is 0 Å². The molecular weight excluding hydrogens is 250 g/mol. The Hall–Kier alpha value is -2.36. The molecule has 2 aromatic rings. The Morgan fingerprint density at radius 2 is 2.00 bits per heavy atom. The number of likely N-dealkylation sites (tertiary alicyclic amines) is 1. The summed E-state index contributed by atoms with van der Waals surface area (Å²) in [7, 11) is 0. The molecule has 1 aromatic carbocycles. The lowest BCUT2D eigenvalue weighted by Crippen LogP contribution is -2.31. The fourth-order valence-corrected chi connectivity index (χ4v) is 2.79. The second kappa shape index (κ2) is 5.33. The number of amides is 1. The van der Waals surface area contributed by atoms with E-state index in [0.717, 1.165) is 30.5 Å². The van der Waals surface area contributed by atoms with Crippen molar-refractivity contribution in [2.45, 2.75) is 18.9 Å². The molecule has 0 unspecified atom stereocenters. The number of rotatable bonds is 2. The molecule has 102 valence electrons. The average molecular weight is 267 g/mol. The van der Waals surface area contributed by atoms with Crippen LogP contribution in [0.1, 0.15) is 34.8 Å². The van der Waals surface area contributed by atoms with Crippen LogP contribution in [0.3, 0.4) is 0 Å². The number of hydrogen-bond donors (Lipinski definition) is 1. The van der Waals surface area contributed by atoms with Gasteiger partial charge in [0.1, 0.15) is 5.82 Å². The highest BCUT2D eigenvalue weighted by Crippen LogP contribution is 2.35.